The molecule has 1 atom stereocenters. The molecule has 0 spiro atoms. The Labute approximate surface area is 239 Å². The molecule has 0 saturated carbocycles. The minimum Gasteiger partial charge on any atom is -0.545 e. The Balaban J connectivity index is 1.65. The van der Waals surface area contributed by atoms with Gasteiger partial charge in [-0.3, -0.25) is 9.36 Å². The number of benzene rings is 2. The third-order valence-corrected chi connectivity index (χ3v) is 8.05. The number of carboxylic acid groups (broad SMARTS) is 1. The van der Waals surface area contributed by atoms with Crippen molar-refractivity contribution < 1.29 is 24.2 Å². The first-order valence-electron chi connectivity index (χ1n) is 13.0. The molecule has 0 N–H and O–H groups in total. The summed E-state index contributed by atoms with van der Waals surface area (Å²) in [4.78, 5) is 43.3. The Morgan fingerprint density at radius 2 is 1.76 bits per heavy atom. The first-order valence-corrected chi connectivity index (χ1v) is 13.8. The number of hydrogen-bond donors (Lipinski definition) is 0. The number of hydrogen-bond acceptors (Lipinski definition) is 8. The SMILES string of the molecule is CCOC(=O)C1=C(C)N=c2s/c(=C\c3cc(C)n(-c4ccc(C(=O)[O-])cc4)c3C)c(=O)n2[C@@H]1c1ccc(OC)cc1. The summed E-state index contributed by atoms with van der Waals surface area (Å²) in [5, 5.41) is 11.2. The van der Waals surface area contributed by atoms with Crippen LogP contribution in [0.2, 0.25) is 0 Å². The summed E-state index contributed by atoms with van der Waals surface area (Å²) in [6.45, 7) is 7.56. The van der Waals surface area contributed by atoms with Gasteiger partial charge in [0.15, 0.2) is 4.80 Å². The Bertz CT molecular complexity index is 1880. The van der Waals surface area contributed by atoms with Gasteiger partial charge >= 0.3 is 5.97 Å². The van der Waals surface area contributed by atoms with Gasteiger partial charge in [0.05, 0.1) is 41.5 Å². The van der Waals surface area contributed by atoms with Gasteiger partial charge in [0.2, 0.25) is 0 Å². The molecule has 0 aliphatic carbocycles. The molecule has 0 amide bonds. The van der Waals surface area contributed by atoms with E-state index in [9.17, 15) is 19.5 Å². The van der Waals surface area contributed by atoms with Gasteiger partial charge in [0, 0.05) is 17.1 Å². The fourth-order valence-corrected chi connectivity index (χ4v) is 6.15. The molecule has 1 aliphatic heterocycles. The average molecular weight is 571 g/mol. The highest BCUT2D eigenvalue weighted by molar-refractivity contribution is 7.07. The summed E-state index contributed by atoms with van der Waals surface area (Å²) < 4.78 is 14.7. The smallest absolute Gasteiger partial charge is 0.338 e. The van der Waals surface area contributed by atoms with E-state index in [0.29, 0.717) is 26.4 Å². The van der Waals surface area contributed by atoms with Crippen LogP contribution in [0, 0.1) is 13.8 Å². The van der Waals surface area contributed by atoms with Crippen LogP contribution in [0.25, 0.3) is 11.8 Å². The predicted molar refractivity (Wildman–Crippen MR) is 153 cm³/mol. The quantitative estimate of drug-likeness (QED) is 0.316. The van der Waals surface area contributed by atoms with E-state index in [1.807, 2.05) is 42.7 Å². The number of esters is 1. The minimum absolute atomic E-state index is 0.0986. The van der Waals surface area contributed by atoms with Crippen molar-refractivity contribution in [1.82, 2.24) is 9.13 Å². The Hall–Kier alpha value is -4.70. The second-order valence-corrected chi connectivity index (χ2v) is 10.6. The molecule has 9 nitrogen and oxygen atoms in total. The highest BCUT2D eigenvalue weighted by Crippen LogP contribution is 2.31. The van der Waals surface area contributed by atoms with Crippen molar-refractivity contribution in [3.63, 3.8) is 0 Å². The number of thiazole rings is 1. The monoisotopic (exact) mass is 570 g/mol. The van der Waals surface area contributed by atoms with Crippen LogP contribution in [0.3, 0.4) is 0 Å². The zero-order valence-corrected chi connectivity index (χ0v) is 24.1. The second-order valence-electron chi connectivity index (χ2n) is 9.57. The van der Waals surface area contributed by atoms with E-state index in [1.165, 1.54) is 23.5 Å². The number of aromatic carboxylic acids is 1. The molecule has 0 fully saturated rings. The molecule has 0 saturated heterocycles. The van der Waals surface area contributed by atoms with E-state index in [2.05, 4.69) is 4.99 Å². The van der Waals surface area contributed by atoms with Crippen molar-refractivity contribution in [3.8, 4) is 11.4 Å². The summed E-state index contributed by atoms with van der Waals surface area (Å²) in [6, 6.07) is 14.9. The van der Waals surface area contributed by atoms with Crippen LogP contribution < -0.4 is 24.7 Å². The summed E-state index contributed by atoms with van der Waals surface area (Å²) >= 11 is 1.25. The topological polar surface area (TPSA) is 115 Å². The molecule has 10 heteroatoms. The molecule has 3 heterocycles. The van der Waals surface area contributed by atoms with Crippen molar-refractivity contribution in [2.75, 3.05) is 13.7 Å². The zero-order chi connectivity index (χ0) is 29.4. The molecule has 5 rings (SSSR count). The fourth-order valence-electron chi connectivity index (χ4n) is 5.11. The predicted octanol–water partition coefficient (Wildman–Crippen LogP) is 2.58. The van der Waals surface area contributed by atoms with Crippen LogP contribution in [0.4, 0.5) is 0 Å². The van der Waals surface area contributed by atoms with Crippen LogP contribution in [-0.4, -0.2) is 34.8 Å². The van der Waals surface area contributed by atoms with E-state index < -0.39 is 18.0 Å². The van der Waals surface area contributed by atoms with Gasteiger partial charge in [-0.25, -0.2) is 9.79 Å². The summed E-state index contributed by atoms with van der Waals surface area (Å²) in [7, 11) is 1.58. The van der Waals surface area contributed by atoms with E-state index in [4.69, 9.17) is 9.47 Å². The highest BCUT2D eigenvalue weighted by Gasteiger charge is 2.33. The summed E-state index contributed by atoms with van der Waals surface area (Å²) in [5.41, 5.74) is 4.79. The zero-order valence-electron chi connectivity index (χ0n) is 23.3. The maximum Gasteiger partial charge on any atom is 0.338 e. The van der Waals surface area contributed by atoms with Crippen LogP contribution in [0.15, 0.2) is 75.7 Å². The van der Waals surface area contributed by atoms with Gasteiger partial charge in [-0.05, 0) is 80.8 Å². The van der Waals surface area contributed by atoms with Crippen LogP contribution >= 0.6 is 11.3 Å². The van der Waals surface area contributed by atoms with Crippen molar-refractivity contribution >= 4 is 29.4 Å². The minimum atomic E-state index is -1.23. The van der Waals surface area contributed by atoms with E-state index in [1.54, 1.807) is 49.8 Å². The molecule has 0 radical (unpaired) electrons. The maximum absolute atomic E-state index is 13.9. The lowest BCUT2D eigenvalue weighted by Crippen LogP contribution is -2.39. The van der Waals surface area contributed by atoms with Crippen molar-refractivity contribution in [1.29, 1.82) is 0 Å². The van der Waals surface area contributed by atoms with Crippen LogP contribution in [0.5, 0.6) is 5.75 Å². The molecule has 4 aromatic rings. The highest BCUT2D eigenvalue weighted by atomic mass is 32.1. The number of aryl methyl sites for hydroxylation is 1. The summed E-state index contributed by atoms with van der Waals surface area (Å²) in [6.07, 6.45) is 1.83. The second kappa shape index (κ2) is 11.1. The molecule has 0 unspecified atom stereocenters. The molecule has 1 aliphatic rings. The lowest BCUT2D eigenvalue weighted by molar-refractivity contribution is -0.255. The first kappa shape index (κ1) is 27.9. The molecular formula is C31H28N3O6S-. The van der Waals surface area contributed by atoms with Gasteiger partial charge in [-0.2, -0.15) is 0 Å². The van der Waals surface area contributed by atoms with Crippen molar-refractivity contribution in [3.05, 3.63) is 114 Å². The van der Waals surface area contributed by atoms with Gasteiger partial charge in [0.1, 0.15) is 5.75 Å². The van der Waals surface area contributed by atoms with Crippen molar-refractivity contribution in [2.24, 2.45) is 4.99 Å². The number of carbonyl (C=O) groups excluding carboxylic acids is 2. The first-order chi connectivity index (χ1) is 19.6. The number of aromatic nitrogens is 2. The number of methoxy groups -OCH3 is 1. The van der Waals surface area contributed by atoms with Crippen LogP contribution in [-0.2, 0) is 9.53 Å². The number of rotatable bonds is 7. The third kappa shape index (κ3) is 5.02. The lowest BCUT2D eigenvalue weighted by Gasteiger charge is -2.24. The number of carboxylic acids is 1. The van der Waals surface area contributed by atoms with Gasteiger partial charge in [-0.1, -0.05) is 35.6 Å². The van der Waals surface area contributed by atoms with E-state index >= 15 is 0 Å². The Kier molecular flexibility index (Phi) is 7.51. The number of carbonyl (C=O) groups is 2. The number of allylic oxidation sites excluding steroid dienone is 1. The van der Waals surface area contributed by atoms with Gasteiger partial charge < -0.3 is 23.9 Å². The molecule has 210 valence electrons. The molecule has 2 aromatic heterocycles. The fraction of sp³-hybridized carbons (Fsp3) is 0.226. The van der Waals surface area contributed by atoms with Crippen molar-refractivity contribution in [2.45, 2.75) is 33.7 Å². The number of fused-ring (bicyclic) bond motifs is 1. The average Bonchev–Trinajstić information content (AvgIpc) is 3.41. The Morgan fingerprint density at radius 1 is 1.07 bits per heavy atom. The third-order valence-electron chi connectivity index (χ3n) is 7.07. The van der Waals surface area contributed by atoms with Gasteiger partial charge in [-0.15, -0.1) is 0 Å². The molecule has 41 heavy (non-hydrogen) atoms. The van der Waals surface area contributed by atoms with E-state index in [0.717, 1.165) is 28.2 Å². The van der Waals surface area contributed by atoms with E-state index in [-0.39, 0.29) is 17.7 Å². The lowest BCUT2D eigenvalue weighted by atomic mass is 9.96. The Morgan fingerprint density at radius 3 is 2.37 bits per heavy atom. The standard InChI is InChI=1S/C31H29N3O6S/c1-6-40-30(38)26-18(3)32-31-34(27(26)20-9-13-24(39-5)14-10-20)28(35)25(41-31)16-22-15-17(2)33(19(22)4)23-11-7-21(8-12-23)29(36)37/h7-16,27H,6H2,1-5H3,(H,36,37)/p-1/b25-16-/t27-/m1/s1. The number of nitrogens with zero attached hydrogens (tertiary/aromatic N) is 3. The van der Waals surface area contributed by atoms with Gasteiger partial charge in [0.25, 0.3) is 5.56 Å². The summed E-state index contributed by atoms with van der Waals surface area (Å²) in [5.74, 6) is -1.09. The largest absolute Gasteiger partial charge is 0.545 e. The molecule has 2 aromatic carbocycles. The maximum atomic E-state index is 13.9. The van der Waals surface area contributed by atoms with Crippen LogP contribution in [0.1, 0.15) is 52.8 Å². The molecular weight excluding hydrogens is 542 g/mol. The normalized spacial score (nSPS) is 15.0. The number of ether oxygens (including phenoxy) is 2. The molecule has 0 bridgehead atoms.